The molecule has 1 saturated heterocycles. The predicted octanol–water partition coefficient (Wildman–Crippen LogP) is 2.12. The van der Waals surface area contributed by atoms with Gasteiger partial charge in [-0.1, -0.05) is 12.1 Å². The van der Waals surface area contributed by atoms with Crippen LogP contribution in [-0.2, 0) is 0 Å². The molecule has 2 aromatic rings. The maximum absolute atomic E-state index is 13.2. The summed E-state index contributed by atoms with van der Waals surface area (Å²) in [5.41, 5.74) is 1.47. The molecule has 0 aliphatic carbocycles. The molecule has 1 aliphatic heterocycles. The largest absolute Gasteiger partial charge is 0.345 e. The molecule has 1 amide bonds. The molecule has 1 fully saturated rings. The molecule has 0 spiro atoms. The standard InChI is InChI=1S/C17H19N5O/c1-19-14-7-2-3-10-22(14)17(23)15-12(11-18)5-4-6-13(15)16-20-8-9-21-16/h4-6,8-9,14,19H,2-3,7,10H2,1H3,(H,20,21). The zero-order valence-corrected chi connectivity index (χ0v) is 13.0. The van der Waals surface area contributed by atoms with E-state index in [1.165, 1.54) is 0 Å². The van der Waals surface area contributed by atoms with Crippen LogP contribution in [0.3, 0.4) is 0 Å². The number of nitriles is 1. The minimum atomic E-state index is -0.118. The van der Waals surface area contributed by atoms with Crippen LogP contribution in [-0.4, -0.2) is 40.5 Å². The highest BCUT2D eigenvalue weighted by molar-refractivity contribution is 6.02. The fraction of sp³-hybridized carbons (Fsp3) is 0.353. The second kappa shape index (κ2) is 6.63. The number of likely N-dealkylation sites (tertiary alicyclic amines) is 1. The van der Waals surface area contributed by atoms with E-state index in [0.29, 0.717) is 29.1 Å². The molecule has 1 aromatic carbocycles. The molecule has 2 heterocycles. The third kappa shape index (κ3) is 2.83. The zero-order chi connectivity index (χ0) is 16.2. The molecule has 23 heavy (non-hydrogen) atoms. The van der Waals surface area contributed by atoms with E-state index in [2.05, 4.69) is 21.4 Å². The summed E-state index contributed by atoms with van der Waals surface area (Å²) in [4.78, 5) is 22.2. The topological polar surface area (TPSA) is 84.8 Å². The maximum atomic E-state index is 13.2. The highest BCUT2D eigenvalue weighted by Gasteiger charge is 2.30. The van der Waals surface area contributed by atoms with Crippen LogP contribution in [0.25, 0.3) is 11.4 Å². The minimum absolute atomic E-state index is 0.00690. The van der Waals surface area contributed by atoms with Crippen LogP contribution in [0.1, 0.15) is 35.2 Å². The number of aromatic nitrogens is 2. The van der Waals surface area contributed by atoms with Crippen LogP contribution >= 0.6 is 0 Å². The van der Waals surface area contributed by atoms with Gasteiger partial charge in [-0.15, -0.1) is 0 Å². The fourth-order valence-corrected chi connectivity index (χ4v) is 3.10. The van der Waals surface area contributed by atoms with E-state index < -0.39 is 0 Å². The van der Waals surface area contributed by atoms with Gasteiger partial charge in [0.1, 0.15) is 5.82 Å². The molecule has 1 aliphatic rings. The van der Waals surface area contributed by atoms with Gasteiger partial charge in [-0.05, 0) is 32.4 Å². The quantitative estimate of drug-likeness (QED) is 0.909. The van der Waals surface area contributed by atoms with Gasteiger partial charge in [0, 0.05) is 24.5 Å². The van der Waals surface area contributed by atoms with Gasteiger partial charge < -0.3 is 15.2 Å². The van der Waals surface area contributed by atoms with Crippen molar-refractivity contribution in [2.75, 3.05) is 13.6 Å². The number of nitrogens with zero attached hydrogens (tertiary/aromatic N) is 3. The van der Waals surface area contributed by atoms with Gasteiger partial charge in [-0.2, -0.15) is 5.26 Å². The number of hydrogen-bond donors (Lipinski definition) is 2. The Kier molecular flexibility index (Phi) is 4.40. The van der Waals surface area contributed by atoms with Crippen LogP contribution in [0.4, 0.5) is 0 Å². The van der Waals surface area contributed by atoms with Crippen molar-refractivity contribution >= 4 is 5.91 Å². The molecule has 6 nitrogen and oxygen atoms in total. The first kappa shape index (κ1) is 15.3. The number of imidazole rings is 1. The molecule has 0 saturated carbocycles. The SMILES string of the molecule is CNC1CCCCN1C(=O)c1c(C#N)cccc1-c1ncc[nH]1. The number of carbonyl (C=O) groups is 1. The van der Waals surface area contributed by atoms with Gasteiger partial charge in [0.15, 0.2) is 0 Å². The second-order valence-corrected chi connectivity index (χ2v) is 5.58. The first-order chi connectivity index (χ1) is 11.3. The number of piperidine rings is 1. The molecule has 2 N–H and O–H groups in total. The van der Waals surface area contributed by atoms with Crippen molar-refractivity contribution in [3.8, 4) is 17.5 Å². The van der Waals surface area contributed by atoms with E-state index in [9.17, 15) is 10.1 Å². The van der Waals surface area contributed by atoms with Crippen molar-refractivity contribution in [1.82, 2.24) is 20.2 Å². The van der Waals surface area contributed by atoms with E-state index in [1.807, 2.05) is 18.0 Å². The van der Waals surface area contributed by atoms with Gasteiger partial charge >= 0.3 is 0 Å². The number of nitrogens with one attached hydrogen (secondary N) is 2. The maximum Gasteiger partial charge on any atom is 0.257 e. The highest BCUT2D eigenvalue weighted by Crippen LogP contribution is 2.27. The van der Waals surface area contributed by atoms with Crippen LogP contribution in [0.15, 0.2) is 30.6 Å². The minimum Gasteiger partial charge on any atom is -0.345 e. The summed E-state index contributed by atoms with van der Waals surface area (Å²) in [6.45, 7) is 0.696. The van der Waals surface area contributed by atoms with Crippen molar-refractivity contribution in [3.63, 3.8) is 0 Å². The lowest BCUT2D eigenvalue weighted by molar-refractivity contribution is 0.0576. The van der Waals surface area contributed by atoms with Crippen LogP contribution in [0.2, 0.25) is 0 Å². The first-order valence-electron chi connectivity index (χ1n) is 7.77. The molecular formula is C17H19N5O. The van der Waals surface area contributed by atoms with Gasteiger partial charge in [0.2, 0.25) is 0 Å². The Morgan fingerprint density at radius 2 is 2.35 bits per heavy atom. The van der Waals surface area contributed by atoms with Crippen molar-refractivity contribution in [2.45, 2.75) is 25.4 Å². The average Bonchev–Trinajstić information content (AvgIpc) is 3.14. The molecule has 1 aromatic heterocycles. The van der Waals surface area contributed by atoms with Crippen LogP contribution in [0.5, 0.6) is 0 Å². The van der Waals surface area contributed by atoms with Gasteiger partial charge in [-0.3, -0.25) is 4.79 Å². The van der Waals surface area contributed by atoms with E-state index in [-0.39, 0.29) is 12.1 Å². The van der Waals surface area contributed by atoms with Crippen molar-refractivity contribution in [2.24, 2.45) is 0 Å². The van der Waals surface area contributed by atoms with Crippen molar-refractivity contribution in [1.29, 1.82) is 5.26 Å². The summed E-state index contributed by atoms with van der Waals surface area (Å²) in [6.07, 6.45) is 6.36. The highest BCUT2D eigenvalue weighted by atomic mass is 16.2. The number of aromatic amines is 1. The summed E-state index contributed by atoms with van der Waals surface area (Å²) >= 11 is 0. The molecule has 1 unspecified atom stereocenters. The number of hydrogen-bond acceptors (Lipinski definition) is 4. The Labute approximate surface area is 135 Å². The lowest BCUT2D eigenvalue weighted by atomic mass is 9.98. The van der Waals surface area contributed by atoms with Crippen molar-refractivity contribution < 1.29 is 4.79 Å². The smallest absolute Gasteiger partial charge is 0.257 e. The number of H-pyrrole nitrogens is 1. The average molecular weight is 309 g/mol. The van der Waals surface area contributed by atoms with E-state index in [4.69, 9.17) is 0 Å². The van der Waals surface area contributed by atoms with Gasteiger partial charge in [0.25, 0.3) is 5.91 Å². The predicted molar refractivity (Wildman–Crippen MR) is 86.5 cm³/mol. The van der Waals surface area contributed by atoms with Crippen molar-refractivity contribution in [3.05, 3.63) is 41.7 Å². The number of rotatable bonds is 3. The Morgan fingerprint density at radius 3 is 3.04 bits per heavy atom. The molecule has 0 bridgehead atoms. The fourth-order valence-electron chi connectivity index (χ4n) is 3.10. The third-order valence-corrected chi connectivity index (χ3v) is 4.25. The Hall–Kier alpha value is -2.65. The lowest BCUT2D eigenvalue weighted by Gasteiger charge is -2.36. The number of benzene rings is 1. The first-order valence-corrected chi connectivity index (χ1v) is 7.77. The normalized spacial score (nSPS) is 17.7. The summed E-state index contributed by atoms with van der Waals surface area (Å²) in [5, 5.41) is 12.6. The van der Waals surface area contributed by atoms with E-state index in [1.54, 1.807) is 24.5 Å². The summed E-state index contributed by atoms with van der Waals surface area (Å²) < 4.78 is 0. The molecule has 118 valence electrons. The Bertz CT molecular complexity index is 732. The van der Waals surface area contributed by atoms with Crippen LogP contribution < -0.4 is 5.32 Å². The number of amides is 1. The lowest BCUT2D eigenvalue weighted by Crippen LogP contribution is -2.50. The number of carbonyl (C=O) groups excluding carboxylic acids is 1. The molecule has 3 rings (SSSR count). The van der Waals surface area contributed by atoms with E-state index in [0.717, 1.165) is 19.3 Å². The molecule has 6 heteroatoms. The third-order valence-electron chi connectivity index (χ3n) is 4.25. The zero-order valence-electron chi connectivity index (χ0n) is 13.0. The summed E-state index contributed by atoms with van der Waals surface area (Å²) in [6, 6.07) is 7.42. The second-order valence-electron chi connectivity index (χ2n) is 5.58. The van der Waals surface area contributed by atoms with E-state index >= 15 is 0 Å². The van der Waals surface area contributed by atoms with Gasteiger partial charge in [0.05, 0.1) is 23.4 Å². The molecule has 0 radical (unpaired) electrons. The molecular weight excluding hydrogens is 290 g/mol. The Balaban J connectivity index is 2.07. The van der Waals surface area contributed by atoms with Gasteiger partial charge in [-0.25, -0.2) is 4.98 Å². The molecule has 1 atom stereocenters. The van der Waals surface area contributed by atoms with Crippen LogP contribution in [0, 0.1) is 11.3 Å². The summed E-state index contributed by atoms with van der Waals surface area (Å²) in [5.74, 6) is 0.482. The Morgan fingerprint density at radius 1 is 1.48 bits per heavy atom. The summed E-state index contributed by atoms with van der Waals surface area (Å²) in [7, 11) is 1.86. The monoisotopic (exact) mass is 309 g/mol.